The molecule has 0 bridgehead atoms. The molecule has 7 aromatic rings. The molecule has 8 heteroatoms. The molecule has 0 saturated carbocycles. The smallest absolute Gasteiger partial charge is 0.509 e. The minimum atomic E-state index is 0. The van der Waals surface area contributed by atoms with Crippen molar-refractivity contribution in [2.45, 2.75) is 60.3 Å². The van der Waals surface area contributed by atoms with E-state index in [1.165, 1.54) is 59.1 Å². The first-order valence-electron chi connectivity index (χ1n) is 18.7. The Labute approximate surface area is 325 Å². The fraction of sp³-hybridized carbons (Fsp3) is 0.289. The van der Waals surface area contributed by atoms with Crippen molar-refractivity contribution in [3.8, 4) is 34.1 Å². The van der Waals surface area contributed by atoms with Crippen LogP contribution < -0.4 is 14.5 Å². The average Bonchev–Trinajstić information content (AvgIpc) is 3.97. The van der Waals surface area contributed by atoms with Gasteiger partial charge < -0.3 is 19.1 Å². The molecule has 5 heterocycles. The van der Waals surface area contributed by atoms with Crippen molar-refractivity contribution in [1.29, 1.82) is 0 Å². The minimum absolute atomic E-state index is 0. The van der Waals surface area contributed by atoms with Crippen LogP contribution in [-0.2, 0) is 20.4 Å². The van der Waals surface area contributed by atoms with E-state index in [0.717, 1.165) is 76.7 Å². The zero-order valence-corrected chi connectivity index (χ0v) is 32.6. The van der Waals surface area contributed by atoms with Crippen molar-refractivity contribution >= 4 is 33.4 Å². The first-order chi connectivity index (χ1) is 25.4. The van der Waals surface area contributed by atoms with Crippen LogP contribution in [0.3, 0.4) is 0 Å². The predicted octanol–water partition coefficient (Wildman–Crippen LogP) is 10.2. The average molecular weight is 791 g/mol. The van der Waals surface area contributed by atoms with Gasteiger partial charge in [-0.15, -0.1) is 40.8 Å². The van der Waals surface area contributed by atoms with Crippen molar-refractivity contribution in [3.63, 3.8) is 0 Å². The van der Waals surface area contributed by atoms with Crippen molar-refractivity contribution < 1.29 is 25.2 Å². The topological polar surface area (TPSA) is 51.4 Å². The molecule has 0 radical (unpaired) electrons. The molecule has 0 spiro atoms. The molecule has 53 heavy (non-hydrogen) atoms. The summed E-state index contributed by atoms with van der Waals surface area (Å²) in [6.07, 6.45) is 6.58. The van der Waals surface area contributed by atoms with Gasteiger partial charge in [-0.2, -0.15) is 12.1 Å². The summed E-state index contributed by atoms with van der Waals surface area (Å²) < 4.78 is 10.9. The van der Waals surface area contributed by atoms with E-state index in [2.05, 4.69) is 114 Å². The van der Waals surface area contributed by atoms with E-state index in [0.29, 0.717) is 11.5 Å². The molecule has 0 unspecified atom stereocenters. The second-order valence-electron chi connectivity index (χ2n) is 14.6. The van der Waals surface area contributed by atoms with Crippen molar-refractivity contribution in [3.05, 3.63) is 119 Å². The van der Waals surface area contributed by atoms with Gasteiger partial charge in [-0.3, -0.25) is 0 Å². The first kappa shape index (κ1) is 35.1. The van der Waals surface area contributed by atoms with Crippen LogP contribution in [0.4, 0.5) is 11.6 Å². The molecule has 270 valence electrons. The Balaban J connectivity index is 0.00000400. The van der Waals surface area contributed by atoms with Crippen molar-refractivity contribution in [1.82, 2.24) is 19.3 Å². The summed E-state index contributed by atoms with van der Waals surface area (Å²) in [5.74, 6) is 4.34. The molecule has 9 rings (SSSR count). The van der Waals surface area contributed by atoms with Gasteiger partial charge in [0, 0.05) is 49.4 Å². The van der Waals surface area contributed by atoms with Gasteiger partial charge in [0.25, 0.3) is 0 Å². The number of aromatic nitrogens is 4. The number of aryl methyl sites for hydroxylation is 3. The second-order valence-corrected chi connectivity index (χ2v) is 14.6. The van der Waals surface area contributed by atoms with Gasteiger partial charge in [0.1, 0.15) is 11.6 Å². The maximum absolute atomic E-state index is 6.61. The van der Waals surface area contributed by atoms with Gasteiger partial charge in [-0.1, -0.05) is 29.8 Å². The van der Waals surface area contributed by atoms with E-state index < -0.39 is 0 Å². The number of fused-ring (bicyclic) bond motifs is 3. The number of hydrogen-bond donors (Lipinski definition) is 0. The molecule has 0 N–H and O–H groups in total. The number of ether oxygens (including phenoxy) is 1. The maximum Gasteiger partial charge on any atom is 2.00 e. The second kappa shape index (κ2) is 14.2. The Morgan fingerprint density at radius 3 is 2.09 bits per heavy atom. The standard InChI is InChI=1S/C45H44N6O.Pd/c1-29-19-20-46-41(25-29)50-39-16-7-6-15-37(39)38-18-17-36(28-40(38)50)52-35-14-12-13-34(27-35)51-45(49-23-10-11-24-49)43(44(47-51)48-21-8-9-22-48)42-32(4)30(2)26-31(3)33(42)5;/h6-7,12-20,25-26H,8-11,21-24H2,1-5H3;/q-2;+2. The third kappa shape index (κ3) is 6.12. The maximum atomic E-state index is 6.61. The summed E-state index contributed by atoms with van der Waals surface area (Å²) in [6.45, 7) is 15.2. The predicted molar refractivity (Wildman–Crippen MR) is 212 cm³/mol. The van der Waals surface area contributed by atoms with Crippen LogP contribution in [0.15, 0.2) is 79.0 Å². The molecule has 2 saturated heterocycles. The zero-order valence-electron chi connectivity index (χ0n) is 31.1. The molecule has 7 nitrogen and oxygen atoms in total. The molecule has 2 aliphatic heterocycles. The van der Waals surface area contributed by atoms with Crippen LogP contribution in [-0.4, -0.2) is 45.5 Å². The third-order valence-electron chi connectivity index (χ3n) is 11.2. The number of benzene rings is 4. The Hall–Kier alpha value is -4.90. The Morgan fingerprint density at radius 2 is 1.36 bits per heavy atom. The number of anilines is 2. The number of nitrogens with zero attached hydrogens (tertiary/aromatic N) is 6. The van der Waals surface area contributed by atoms with Crippen LogP contribution in [0.1, 0.15) is 53.5 Å². The van der Waals surface area contributed by atoms with Crippen LogP contribution in [0.2, 0.25) is 0 Å². The summed E-state index contributed by atoms with van der Waals surface area (Å²) in [5.41, 5.74) is 11.9. The summed E-state index contributed by atoms with van der Waals surface area (Å²) in [5, 5.41) is 7.75. The van der Waals surface area contributed by atoms with Gasteiger partial charge in [0.15, 0.2) is 5.82 Å². The third-order valence-corrected chi connectivity index (χ3v) is 11.2. The molecule has 0 atom stereocenters. The Bertz CT molecular complexity index is 2460. The molecule has 0 amide bonds. The molecule has 4 aromatic carbocycles. The number of pyridine rings is 1. The number of para-hydroxylation sites is 1. The molecular formula is C45H44N6OPd. The monoisotopic (exact) mass is 790 g/mol. The van der Waals surface area contributed by atoms with E-state index in [4.69, 9.17) is 14.8 Å². The quantitative estimate of drug-likeness (QED) is 0.119. The van der Waals surface area contributed by atoms with E-state index in [1.807, 2.05) is 30.5 Å². The molecule has 2 fully saturated rings. The van der Waals surface area contributed by atoms with Crippen LogP contribution in [0, 0.1) is 46.8 Å². The first-order valence-corrected chi connectivity index (χ1v) is 18.7. The van der Waals surface area contributed by atoms with E-state index in [1.54, 1.807) is 0 Å². The van der Waals surface area contributed by atoms with Crippen LogP contribution in [0.25, 0.3) is 44.4 Å². The van der Waals surface area contributed by atoms with Crippen LogP contribution >= 0.6 is 0 Å². The molecular weight excluding hydrogens is 747 g/mol. The summed E-state index contributed by atoms with van der Waals surface area (Å²) in [7, 11) is 0. The zero-order chi connectivity index (χ0) is 35.5. The van der Waals surface area contributed by atoms with Gasteiger partial charge in [-0.25, -0.2) is 9.67 Å². The van der Waals surface area contributed by atoms with E-state index in [9.17, 15) is 0 Å². The van der Waals surface area contributed by atoms with Gasteiger partial charge >= 0.3 is 20.4 Å². The SMILES string of the molecule is Cc1ccnc(-n2c3[c-]c(Oc4[c-]c(-n5nc(N6CCCC6)c(-c6c(C)c(C)cc(C)c6C)c5N5CCCC5)ccc4)ccc3c3ccccc32)c1.[Pd+2]. The van der Waals surface area contributed by atoms with E-state index >= 15 is 0 Å². The molecule has 3 aromatic heterocycles. The number of hydrogen-bond acceptors (Lipinski definition) is 5. The normalized spacial score (nSPS) is 14.4. The summed E-state index contributed by atoms with van der Waals surface area (Å²) in [4.78, 5) is 9.78. The fourth-order valence-corrected chi connectivity index (χ4v) is 8.30. The Morgan fingerprint density at radius 1 is 0.660 bits per heavy atom. The number of rotatable bonds is 7. The van der Waals surface area contributed by atoms with Gasteiger partial charge in [0.2, 0.25) is 0 Å². The van der Waals surface area contributed by atoms with Gasteiger partial charge in [0.05, 0.1) is 5.56 Å². The molecule has 2 aliphatic rings. The summed E-state index contributed by atoms with van der Waals surface area (Å²) >= 11 is 0. The minimum Gasteiger partial charge on any atom is -0.509 e. The largest absolute Gasteiger partial charge is 2.00 e. The molecule has 0 aliphatic carbocycles. The van der Waals surface area contributed by atoms with Crippen molar-refractivity contribution in [2.24, 2.45) is 0 Å². The van der Waals surface area contributed by atoms with Crippen LogP contribution in [0.5, 0.6) is 11.5 Å². The van der Waals surface area contributed by atoms with Crippen molar-refractivity contribution in [2.75, 3.05) is 36.0 Å². The Kier molecular flexibility index (Phi) is 9.39. The van der Waals surface area contributed by atoms with Gasteiger partial charge in [-0.05, 0) is 123 Å². The summed E-state index contributed by atoms with van der Waals surface area (Å²) in [6, 6.07) is 32.4. The van der Waals surface area contributed by atoms with E-state index in [-0.39, 0.29) is 20.4 Å². The fourth-order valence-electron chi connectivity index (χ4n) is 8.30.